The Balaban J connectivity index is 1.93. The number of nitrogens with one attached hydrogen (secondary N) is 2. The standard InChI is InChI=1S/C18H25N3O3/c1-5-23-14-8-9-15(13(2)11-14)20-18(22)19-12-16(21(3)4)17-7-6-10-24-17/h6-11,16H,5,12H2,1-4H3,(H2,19,20,22)/t16-/m0/s1. The topological polar surface area (TPSA) is 66.7 Å². The molecule has 1 aromatic heterocycles. The number of benzene rings is 1. The van der Waals surface area contributed by atoms with E-state index in [0.29, 0.717) is 13.2 Å². The number of hydrogen-bond donors (Lipinski definition) is 2. The van der Waals surface area contributed by atoms with Crippen LogP contribution in [0, 0.1) is 6.92 Å². The number of nitrogens with zero attached hydrogens (tertiary/aromatic N) is 1. The van der Waals surface area contributed by atoms with Gasteiger partial charge in [0.05, 0.1) is 18.9 Å². The van der Waals surface area contributed by atoms with Crippen molar-refractivity contribution in [1.82, 2.24) is 10.2 Å². The number of amides is 2. The fraction of sp³-hybridized carbons (Fsp3) is 0.389. The number of urea groups is 1. The van der Waals surface area contributed by atoms with Crippen LogP contribution in [0.15, 0.2) is 41.0 Å². The molecular formula is C18H25N3O3. The normalized spacial score (nSPS) is 12.0. The first-order chi connectivity index (χ1) is 11.5. The number of hydrogen-bond acceptors (Lipinski definition) is 4. The molecule has 2 N–H and O–H groups in total. The molecule has 0 aliphatic rings. The predicted molar refractivity (Wildman–Crippen MR) is 94.5 cm³/mol. The Morgan fingerprint density at radius 1 is 1.33 bits per heavy atom. The second-order valence-electron chi connectivity index (χ2n) is 5.74. The molecule has 1 atom stereocenters. The van der Waals surface area contributed by atoms with Gasteiger partial charge in [0.15, 0.2) is 0 Å². The maximum Gasteiger partial charge on any atom is 0.319 e. The maximum atomic E-state index is 12.2. The number of ether oxygens (including phenoxy) is 1. The molecule has 6 heteroatoms. The second kappa shape index (κ2) is 8.40. The zero-order valence-corrected chi connectivity index (χ0v) is 14.6. The number of aryl methyl sites for hydroxylation is 1. The zero-order valence-electron chi connectivity index (χ0n) is 14.6. The summed E-state index contributed by atoms with van der Waals surface area (Å²) < 4.78 is 10.9. The number of carbonyl (C=O) groups excluding carboxylic acids is 1. The Hall–Kier alpha value is -2.47. The fourth-order valence-corrected chi connectivity index (χ4v) is 2.41. The van der Waals surface area contributed by atoms with E-state index in [-0.39, 0.29) is 12.1 Å². The Labute approximate surface area is 142 Å². The molecule has 0 aliphatic heterocycles. The van der Waals surface area contributed by atoms with Crippen LogP contribution in [-0.4, -0.2) is 38.2 Å². The summed E-state index contributed by atoms with van der Waals surface area (Å²) in [6.07, 6.45) is 1.63. The number of likely N-dealkylation sites (N-methyl/N-ethyl adjacent to an activating group) is 1. The Bertz CT molecular complexity index is 654. The molecule has 0 spiro atoms. The van der Waals surface area contributed by atoms with Gasteiger partial charge in [0.1, 0.15) is 11.5 Å². The van der Waals surface area contributed by atoms with E-state index in [0.717, 1.165) is 22.8 Å². The number of rotatable bonds is 7. The number of carbonyl (C=O) groups is 1. The van der Waals surface area contributed by atoms with Gasteiger partial charge in [-0.25, -0.2) is 4.79 Å². The van der Waals surface area contributed by atoms with E-state index in [1.165, 1.54) is 0 Å². The van der Waals surface area contributed by atoms with Crippen molar-refractivity contribution >= 4 is 11.7 Å². The zero-order chi connectivity index (χ0) is 17.5. The minimum atomic E-state index is -0.249. The lowest BCUT2D eigenvalue weighted by molar-refractivity contribution is 0.233. The van der Waals surface area contributed by atoms with Gasteiger partial charge in [-0.05, 0) is 63.8 Å². The summed E-state index contributed by atoms with van der Waals surface area (Å²) in [6.45, 7) is 4.94. The van der Waals surface area contributed by atoms with Crippen molar-refractivity contribution < 1.29 is 13.9 Å². The molecule has 0 unspecified atom stereocenters. The Morgan fingerprint density at radius 3 is 2.71 bits per heavy atom. The first-order valence-electron chi connectivity index (χ1n) is 7.99. The van der Waals surface area contributed by atoms with E-state index < -0.39 is 0 Å². The average Bonchev–Trinajstić information content (AvgIpc) is 3.04. The molecular weight excluding hydrogens is 306 g/mol. The van der Waals surface area contributed by atoms with E-state index in [1.54, 1.807) is 6.26 Å². The largest absolute Gasteiger partial charge is 0.494 e. The van der Waals surface area contributed by atoms with Crippen LogP contribution in [0.2, 0.25) is 0 Å². The van der Waals surface area contributed by atoms with E-state index in [1.807, 2.05) is 63.2 Å². The molecule has 2 aromatic rings. The predicted octanol–water partition coefficient (Wildman–Crippen LogP) is 3.41. The van der Waals surface area contributed by atoms with Crippen LogP contribution >= 0.6 is 0 Å². The molecule has 0 radical (unpaired) electrons. The lowest BCUT2D eigenvalue weighted by atomic mass is 10.2. The van der Waals surface area contributed by atoms with Gasteiger partial charge in [-0.1, -0.05) is 0 Å². The molecule has 6 nitrogen and oxygen atoms in total. The van der Waals surface area contributed by atoms with Crippen LogP contribution < -0.4 is 15.4 Å². The quantitative estimate of drug-likeness (QED) is 0.816. The maximum absolute atomic E-state index is 12.2. The highest BCUT2D eigenvalue weighted by Crippen LogP contribution is 2.21. The monoisotopic (exact) mass is 331 g/mol. The first-order valence-corrected chi connectivity index (χ1v) is 7.99. The van der Waals surface area contributed by atoms with Crippen LogP contribution in [0.25, 0.3) is 0 Å². The third kappa shape index (κ3) is 4.76. The van der Waals surface area contributed by atoms with Crippen molar-refractivity contribution in [2.45, 2.75) is 19.9 Å². The molecule has 24 heavy (non-hydrogen) atoms. The van der Waals surface area contributed by atoms with Crippen LogP contribution in [0.1, 0.15) is 24.3 Å². The summed E-state index contributed by atoms with van der Waals surface area (Å²) in [6, 6.07) is 9.07. The lowest BCUT2D eigenvalue weighted by Gasteiger charge is -2.22. The Kier molecular flexibility index (Phi) is 6.26. The van der Waals surface area contributed by atoms with Crippen molar-refractivity contribution in [3.8, 4) is 5.75 Å². The minimum absolute atomic E-state index is 0.0211. The SMILES string of the molecule is CCOc1ccc(NC(=O)NC[C@@H](c2ccco2)N(C)C)c(C)c1. The molecule has 1 aromatic carbocycles. The molecule has 0 bridgehead atoms. The lowest BCUT2D eigenvalue weighted by Crippen LogP contribution is -2.36. The van der Waals surface area contributed by atoms with Gasteiger partial charge in [-0.15, -0.1) is 0 Å². The Morgan fingerprint density at radius 2 is 2.12 bits per heavy atom. The third-order valence-electron chi connectivity index (χ3n) is 3.71. The van der Waals surface area contributed by atoms with Crippen molar-refractivity contribution in [1.29, 1.82) is 0 Å². The average molecular weight is 331 g/mol. The molecule has 2 amide bonds. The van der Waals surface area contributed by atoms with Gasteiger partial charge in [0, 0.05) is 12.2 Å². The summed E-state index contributed by atoms with van der Waals surface area (Å²) >= 11 is 0. The molecule has 130 valence electrons. The highest BCUT2D eigenvalue weighted by Gasteiger charge is 2.18. The summed E-state index contributed by atoms with van der Waals surface area (Å²) in [4.78, 5) is 14.2. The fourth-order valence-electron chi connectivity index (χ4n) is 2.41. The molecule has 0 aliphatic carbocycles. The molecule has 2 rings (SSSR count). The van der Waals surface area contributed by atoms with Gasteiger partial charge in [0.25, 0.3) is 0 Å². The van der Waals surface area contributed by atoms with E-state index in [9.17, 15) is 4.79 Å². The van der Waals surface area contributed by atoms with Crippen molar-refractivity contribution in [3.05, 3.63) is 47.9 Å². The summed E-state index contributed by atoms with van der Waals surface area (Å²) in [5.41, 5.74) is 1.71. The molecule has 1 heterocycles. The summed E-state index contributed by atoms with van der Waals surface area (Å²) in [5, 5.41) is 5.75. The molecule has 0 saturated carbocycles. The third-order valence-corrected chi connectivity index (χ3v) is 3.71. The van der Waals surface area contributed by atoms with Gasteiger partial charge in [-0.2, -0.15) is 0 Å². The van der Waals surface area contributed by atoms with Gasteiger partial charge in [0.2, 0.25) is 0 Å². The minimum Gasteiger partial charge on any atom is -0.494 e. The van der Waals surface area contributed by atoms with Crippen molar-refractivity contribution in [3.63, 3.8) is 0 Å². The number of furan rings is 1. The van der Waals surface area contributed by atoms with E-state index >= 15 is 0 Å². The second-order valence-corrected chi connectivity index (χ2v) is 5.74. The summed E-state index contributed by atoms with van der Waals surface area (Å²) in [7, 11) is 3.90. The van der Waals surface area contributed by atoms with Gasteiger partial charge >= 0.3 is 6.03 Å². The van der Waals surface area contributed by atoms with Crippen LogP contribution in [-0.2, 0) is 0 Å². The highest BCUT2D eigenvalue weighted by atomic mass is 16.5. The van der Waals surface area contributed by atoms with Crippen LogP contribution in [0.3, 0.4) is 0 Å². The summed E-state index contributed by atoms with van der Waals surface area (Å²) in [5.74, 6) is 1.61. The van der Waals surface area contributed by atoms with Crippen molar-refractivity contribution in [2.75, 3.05) is 32.6 Å². The smallest absolute Gasteiger partial charge is 0.319 e. The van der Waals surface area contributed by atoms with Crippen LogP contribution in [0.4, 0.5) is 10.5 Å². The first kappa shape index (κ1) is 17.9. The number of anilines is 1. The molecule has 0 fully saturated rings. The van der Waals surface area contributed by atoms with Gasteiger partial charge in [-0.3, -0.25) is 4.90 Å². The molecule has 0 saturated heterocycles. The highest BCUT2D eigenvalue weighted by molar-refractivity contribution is 5.90. The van der Waals surface area contributed by atoms with Crippen LogP contribution in [0.5, 0.6) is 5.75 Å². The van der Waals surface area contributed by atoms with Gasteiger partial charge < -0.3 is 19.8 Å². The van der Waals surface area contributed by atoms with E-state index in [4.69, 9.17) is 9.15 Å². The van der Waals surface area contributed by atoms with Crippen molar-refractivity contribution in [2.24, 2.45) is 0 Å². The van der Waals surface area contributed by atoms with E-state index in [2.05, 4.69) is 10.6 Å².